The maximum atomic E-state index is 6.12. The van der Waals surface area contributed by atoms with Crippen LogP contribution in [-0.4, -0.2) is 9.97 Å². The van der Waals surface area contributed by atoms with Crippen molar-refractivity contribution in [2.45, 2.75) is 6.61 Å². The first-order valence-corrected chi connectivity index (χ1v) is 7.84. The first kappa shape index (κ1) is 13.1. The maximum absolute atomic E-state index is 6.12. The zero-order chi connectivity index (χ0) is 13.2. The highest BCUT2D eigenvalue weighted by atomic mass is 127. The van der Waals surface area contributed by atoms with Crippen molar-refractivity contribution in [1.29, 1.82) is 0 Å². The van der Waals surface area contributed by atoms with Crippen LogP contribution in [0.15, 0.2) is 35.7 Å². The summed E-state index contributed by atoms with van der Waals surface area (Å²) in [7, 11) is 0. The van der Waals surface area contributed by atoms with Gasteiger partial charge in [-0.1, -0.05) is 23.7 Å². The second-order valence-electron chi connectivity index (χ2n) is 3.79. The second kappa shape index (κ2) is 5.60. The summed E-state index contributed by atoms with van der Waals surface area (Å²) in [5, 5.41) is 3.33. The Labute approximate surface area is 132 Å². The Hall–Kier alpha value is -0.920. The van der Waals surface area contributed by atoms with E-state index in [1.54, 1.807) is 11.3 Å². The topological polar surface area (TPSA) is 35.0 Å². The van der Waals surface area contributed by atoms with Crippen LogP contribution in [0.3, 0.4) is 0 Å². The molecule has 0 radical (unpaired) electrons. The Morgan fingerprint density at radius 2 is 2.05 bits per heavy atom. The van der Waals surface area contributed by atoms with Crippen LogP contribution in [0.1, 0.15) is 5.82 Å². The van der Waals surface area contributed by atoms with Crippen LogP contribution >= 0.6 is 45.5 Å². The molecule has 0 atom stereocenters. The molecule has 1 aromatic carbocycles. The summed E-state index contributed by atoms with van der Waals surface area (Å²) in [6.07, 6.45) is 0. The van der Waals surface area contributed by atoms with E-state index in [2.05, 4.69) is 32.6 Å². The number of aromatic nitrogens is 2. The van der Waals surface area contributed by atoms with E-state index in [9.17, 15) is 0 Å². The van der Waals surface area contributed by atoms with E-state index in [1.165, 1.54) is 0 Å². The van der Waals surface area contributed by atoms with Crippen molar-refractivity contribution in [2.75, 3.05) is 0 Å². The molecule has 0 spiro atoms. The van der Waals surface area contributed by atoms with Crippen molar-refractivity contribution >= 4 is 55.7 Å². The highest BCUT2D eigenvalue weighted by molar-refractivity contribution is 14.1. The average Bonchev–Trinajstić information content (AvgIpc) is 2.87. The van der Waals surface area contributed by atoms with Gasteiger partial charge in [0.25, 0.3) is 0 Å². The molecule has 3 aromatic rings. The average molecular weight is 403 g/mol. The van der Waals surface area contributed by atoms with Crippen molar-refractivity contribution in [1.82, 2.24) is 9.97 Å². The van der Waals surface area contributed by atoms with Crippen LogP contribution in [0.5, 0.6) is 5.75 Å². The number of benzene rings is 1. The SMILES string of the molecule is Clc1nc(COc2ccccc2I)nc2sccc12. The molecule has 0 saturated heterocycles. The lowest BCUT2D eigenvalue weighted by atomic mass is 10.3. The van der Waals surface area contributed by atoms with E-state index in [-0.39, 0.29) is 0 Å². The second-order valence-corrected chi connectivity index (χ2v) is 6.20. The summed E-state index contributed by atoms with van der Waals surface area (Å²) < 4.78 is 6.78. The van der Waals surface area contributed by atoms with E-state index < -0.39 is 0 Å². The largest absolute Gasteiger partial charge is 0.485 e. The first-order valence-electron chi connectivity index (χ1n) is 5.51. The van der Waals surface area contributed by atoms with E-state index in [4.69, 9.17) is 16.3 Å². The van der Waals surface area contributed by atoms with E-state index >= 15 is 0 Å². The van der Waals surface area contributed by atoms with Gasteiger partial charge < -0.3 is 4.74 Å². The van der Waals surface area contributed by atoms with Gasteiger partial charge in [-0.25, -0.2) is 9.97 Å². The number of thiophene rings is 1. The van der Waals surface area contributed by atoms with Gasteiger partial charge in [-0.05, 0) is 46.2 Å². The molecule has 2 heterocycles. The number of fused-ring (bicyclic) bond motifs is 1. The maximum Gasteiger partial charge on any atom is 0.169 e. The summed E-state index contributed by atoms with van der Waals surface area (Å²) in [6, 6.07) is 9.75. The van der Waals surface area contributed by atoms with Gasteiger partial charge in [0.05, 0.1) is 3.57 Å². The molecule has 0 aliphatic heterocycles. The molecule has 0 fully saturated rings. The summed E-state index contributed by atoms with van der Waals surface area (Å²) in [6.45, 7) is 0.313. The molecule has 19 heavy (non-hydrogen) atoms. The fraction of sp³-hybridized carbons (Fsp3) is 0.0769. The van der Waals surface area contributed by atoms with Crippen molar-refractivity contribution in [3.8, 4) is 5.75 Å². The molecule has 0 amide bonds. The lowest BCUT2D eigenvalue weighted by Crippen LogP contribution is -2.02. The number of para-hydroxylation sites is 1. The molecule has 0 unspecified atom stereocenters. The molecule has 0 aliphatic carbocycles. The van der Waals surface area contributed by atoms with Crippen LogP contribution < -0.4 is 4.74 Å². The van der Waals surface area contributed by atoms with Crippen LogP contribution in [0.25, 0.3) is 10.2 Å². The molecule has 2 aromatic heterocycles. The van der Waals surface area contributed by atoms with Gasteiger partial charge in [0.1, 0.15) is 22.3 Å². The number of rotatable bonds is 3. The zero-order valence-electron chi connectivity index (χ0n) is 9.64. The number of hydrogen-bond donors (Lipinski definition) is 0. The number of ether oxygens (including phenoxy) is 1. The quantitative estimate of drug-likeness (QED) is 0.477. The summed E-state index contributed by atoms with van der Waals surface area (Å²) in [5.74, 6) is 1.42. The van der Waals surface area contributed by atoms with Gasteiger partial charge in [-0.15, -0.1) is 11.3 Å². The molecule has 3 nitrogen and oxygen atoms in total. The van der Waals surface area contributed by atoms with E-state index in [0.29, 0.717) is 17.6 Å². The third kappa shape index (κ3) is 2.82. The van der Waals surface area contributed by atoms with Crippen molar-refractivity contribution in [2.24, 2.45) is 0 Å². The Morgan fingerprint density at radius 1 is 1.21 bits per heavy atom. The third-order valence-corrected chi connectivity index (χ3v) is 4.50. The fourth-order valence-corrected chi connectivity index (χ4v) is 3.26. The van der Waals surface area contributed by atoms with Gasteiger partial charge in [0.15, 0.2) is 5.82 Å². The van der Waals surface area contributed by atoms with Crippen molar-refractivity contribution < 1.29 is 4.74 Å². The molecule has 0 saturated carbocycles. The number of hydrogen-bond acceptors (Lipinski definition) is 4. The Morgan fingerprint density at radius 3 is 2.89 bits per heavy atom. The normalized spacial score (nSPS) is 10.8. The van der Waals surface area contributed by atoms with Gasteiger partial charge >= 0.3 is 0 Å². The molecule has 3 rings (SSSR count). The standard InChI is InChI=1S/C13H8ClIN2OS/c14-12-8-5-6-19-13(8)17-11(16-12)7-18-10-4-2-1-3-9(10)15/h1-6H,7H2. The lowest BCUT2D eigenvalue weighted by molar-refractivity contribution is 0.294. The summed E-state index contributed by atoms with van der Waals surface area (Å²) in [5.41, 5.74) is 0. The van der Waals surface area contributed by atoms with Gasteiger partial charge in [0, 0.05) is 5.39 Å². The highest BCUT2D eigenvalue weighted by Crippen LogP contribution is 2.25. The van der Waals surface area contributed by atoms with E-state index in [0.717, 1.165) is 19.5 Å². The Kier molecular flexibility index (Phi) is 3.86. The van der Waals surface area contributed by atoms with Crippen molar-refractivity contribution in [3.63, 3.8) is 0 Å². The van der Waals surface area contributed by atoms with Gasteiger partial charge in [0.2, 0.25) is 0 Å². The van der Waals surface area contributed by atoms with Crippen LogP contribution in [0, 0.1) is 3.57 Å². The molecule has 6 heteroatoms. The molecule has 0 aliphatic rings. The predicted molar refractivity (Wildman–Crippen MR) is 85.9 cm³/mol. The minimum atomic E-state index is 0.313. The van der Waals surface area contributed by atoms with Gasteiger partial charge in [-0.3, -0.25) is 0 Å². The van der Waals surface area contributed by atoms with Gasteiger partial charge in [-0.2, -0.15) is 0 Å². The minimum Gasteiger partial charge on any atom is -0.485 e. The Balaban J connectivity index is 1.84. The van der Waals surface area contributed by atoms with E-state index in [1.807, 2.05) is 35.7 Å². The number of nitrogens with zero attached hydrogens (tertiary/aromatic N) is 2. The molecular formula is C13H8ClIN2OS. The Bertz CT molecular complexity index is 731. The predicted octanol–water partition coefficient (Wildman–Crippen LogP) is 4.53. The van der Waals surface area contributed by atoms with Crippen molar-refractivity contribution in [3.05, 3.63) is 50.3 Å². The minimum absolute atomic E-state index is 0.313. The lowest BCUT2D eigenvalue weighted by Gasteiger charge is -2.07. The third-order valence-electron chi connectivity index (χ3n) is 2.52. The van der Waals surface area contributed by atoms with Crippen LogP contribution in [-0.2, 0) is 6.61 Å². The molecule has 96 valence electrons. The van der Waals surface area contributed by atoms with Crippen LogP contribution in [0.2, 0.25) is 5.15 Å². The monoisotopic (exact) mass is 402 g/mol. The first-order chi connectivity index (χ1) is 9.24. The molecule has 0 N–H and O–H groups in total. The fourth-order valence-electron chi connectivity index (χ4n) is 1.63. The summed E-state index contributed by atoms with van der Waals surface area (Å²) >= 11 is 9.90. The molecule has 0 bridgehead atoms. The highest BCUT2D eigenvalue weighted by Gasteiger charge is 2.08. The van der Waals surface area contributed by atoms with Crippen LogP contribution in [0.4, 0.5) is 0 Å². The molecular weight excluding hydrogens is 395 g/mol. The smallest absolute Gasteiger partial charge is 0.169 e. The summed E-state index contributed by atoms with van der Waals surface area (Å²) in [4.78, 5) is 9.58. The zero-order valence-corrected chi connectivity index (χ0v) is 13.4. The number of halogens is 2.